The normalized spacial score (nSPS) is 15.2. The number of carbonyl (C=O) groups is 2. The molecule has 21 heavy (non-hydrogen) atoms. The molecule has 0 unspecified atom stereocenters. The number of hydrogen-bond donors (Lipinski definition) is 1. The van der Waals surface area contributed by atoms with Gasteiger partial charge < -0.3 is 5.32 Å². The molecule has 0 radical (unpaired) electrons. The van der Waals surface area contributed by atoms with Crippen molar-refractivity contribution in [2.24, 2.45) is 0 Å². The van der Waals surface area contributed by atoms with E-state index in [1.807, 2.05) is 6.92 Å². The third-order valence-electron chi connectivity index (χ3n) is 3.03. The second-order valence-electron chi connectivity index (χ2n) is 4.48. The summed E-state index contributed by atoms with van der Waals surface area (Å²) in [5.41, 5.74) is 1.05. The molecule has 1 aliphatic heterocycles. The van der Waals surface area contributed by atoms with Gasteiger partial charge in [0.2, 0.25) is 5.91 Å². The Bertz CT molecular complexity index is 575. The summed E-state index contributed by atoms with van der Waals surface area (Å²) >= 11 is 1.11. The van der Waals surface area contributed by atoms with Gasteiger partial charge in [0.1, 0.15) is 5.69 Å². The summed E-state index contributed by atoms with van der Waals surface area (Å²) < 4.78 is 0. The van der Waals surface area contributed by atoms with Gasteiger partial charge >= 0.3 is 0 Å². The molecule has 1 aromatic rings. The van der Waals surface area contributed by atoms with Gasteiger partial charge in [-0.3, -0.25) is 24.6 Å². The van der Waals surface area contributed by atoms with Crippen LogP contribution in [0.4, 0.5) is 16.2 Å². The second kappa shape index (κ2) is 6.57. The molecule has 1 aliphatic rings. The van der Waals surface area contributed by atoms with Crippen molar-refractivity contribution in [1.29, 1.82) is 0 Å². The quantitative estimate of drug-likeness (QED) is 0.664. The molecule has 1 saturated heterocycles. The number of nitro groups is 1. The van der Waals surface area contributed by atoms with Crippen molar-refractivity contribution in [3.05, 3.63) is 33.9 Å². The molecule has 1 fully saturated rings. The summed E-state index contributed by atoms with van der Waals surface area (Å²) in [6.45, 7) is 2.52. The van der Waals surface area contributed by atoms with Crippen molar-refractivity contribution in [2.45, 2.75) is 19.9 Å². The van der Waals surface area contributed by atoms with Crippen molar-refractivity contribution in [1.82, 2.24) is 4.90 Å². The lowest BCUT2D eigenvalue weighted by Crippen LogP contribution is -2.37. The molecule has 2 rings (SSSR count). The largest absolute Gasteiger partial charge is 0.380 e. The Morgan fingerprint density at radius 1 is 1.43 bits per heavy atom. The highest BCUT2D eigenvalue weighted by Gasteiger charge is 2.27. The van der Waals surface area contributed by atoms with Crippen LogP contribution in [0.15, 0.2) is 18.2 Å². The van der Waals surface area contributed by atoms with E-state index in [0.29, 0.717) is 30.0 Å². The summed E-state index contributed by atoms with van der Waals surface area (Å²) in [5, 5.41) is 13.6. The van der Waals surface area contributed by atoms with E-state index in [9.17, 15) is 19.7 Å². The van der Waals surface area contributed by atoms with Crippen LogP contribution in [-0.2, 0) is 11.3 Å². The summed E-state index contributed by atoms with van der Waals surface area (Å²) in [6.07, 6.45) is 0.337. The SMILES string of the molecule is CCNc1cc(CN2C(=O)CCSC2=O)ccc1[N+](=O)[O-]. The molecule has 1 N–H and O–H groups in total. The maximum Gasteiger partial charge on any atom is 0.292 e. The Labute approximate surface area is 125 Å². The number of benzene rings is 1. The van der Waals surface area contributed by atoms with Gasteiger partial charge in [0.25, 0.3) is 10.9 Å². The summed E-state index contributed by atoms with van der Waals surface area (Å²) in [7, 11) is 0. The van der Waals surface area contributed by atoms with Crippen LogP contribution in [-0.4, -0.2) is 33.3 Å². The minimum atomic E-state index is -0.463. The number of hydrogen-bond acceptors (Lipinski definition) is 6. The molecule has 7 nitrogen and oxygen atoms in total. The van der Waals surface area contributed by atoms with Crippen molar-refractivity contribution in [3.63, 3.8) is 0 Å². The summed E-state index contributed by atoms with van der Waals surface area (Å²) in [5.74, 6) is 0.305. The van der Waals surface area contributed by atoms with Crippen LogP contribution in [0.1, 0.15) is 18.9 Å². The highest BCUT2D eigenvalue weighted by atomic mass is 32.2. The second-order valence-corrected chi connectivity index (χ2v) is 5.53. The van der Waals surface area contributed by atoms with Crippen molar-refractivity contribution in [2.75, 3.05) is 17.6 Å². The first-order chi connectivity index (χ1) is 10.0. The Hall–Kier alpha value is -2.09. The summed E-state index contributed by atoms with van der Waals surface area (Å²) in [6, 6.07) is 4.57. The van der Waals surface area contributed by atoms with E-state index in [0.717, 1.165) is 11.8 Å². The molecule has 0 aliphatic carbocycles. The minimum absolute atomic E-state index is 0.0220. The molecular weight excluding hydrogens is 294 g/mol. The van der Waals surface area contributed by atoms with E-state index in [4.69, 9.17) is 0 Å². The van der Waals surface area contributed by atoms with Crippen molar-refractivity contribution >= 4 is 34.3 Å². The van der Waals surface area contributed by atoms with Crippen LogP contribution in [0.5, 0.6) is 0 Å². The summed E-state index contributed by atoms with van der Waals surface area (Å²) in [4.78, 5) is 35.2. The molecule has 1 heterocycles. The minimum Gasteiger partial charge on any atom is -0.380 e. The zero-order chi connectivity index (χ0) is 15.4. The van der Waals surface area contributed by atoms with E-state index in [2.05, 4.69) is 5.32 Å². The number of nitro benzene ring substituents is 1. The molecule has 112 valence electrons. The van der Waals surface area contributed by atoms with Gasteiger partial charge in [0.15, 0.2) is 0 Å². The first-order valence-electron chi connectivity index (χ1n) is 6.51. The molecule has 0 saturated carbocycles. The van der Waals surface area contributed by atoms with Crippen molar-refractivity contribution in [3.8, 4) is 0 Å². The maximum absolute atomic E-state index is 11.8. The Balaban J connectivity index is 2.24. The number of nitrogens with one attached hydrogen (secondary N) is 1. The standard InChI is InChI=1S/C13H15N3O4S/c1-2-14-10-7-9(3-4-11(10)16(19)20)8-15-12(17)5-6-21-13(15)18/h3-4,7,14H,2,5-6,8H2,1H3. The fraction of sp³-hybridized carbons (Fsp3) is 0.385. The Kier molecular flexibility index (Phi) is 4.79. The predicted octanol–water partition coefficient (Wildman–Crippen LogP) is 2.61. The van der Waals surface area contributed by atoms with Crippen LogP contribution in [0.25, 0.3) is 0 Å². The number of anilines is 1. The molecular formula is C13H15N3O4S. The Morgan fingerprint density at radius 3 is 2.81 bits per heavy atom. The molecule has 2 amide bonds. The van der Waals surface area contributed by atoms with E-state index in [1.165, 1.54) is 11.0 Å². The number of rotatable bonds is 5. The topological polar surface area (TPSA) is 92.6 Å². The van der Waals surface area contributed by atoms with Crippen LogP contribution in [0, 0.1) is 10.1 Å². The lowest BCUT2D eigenvalue weighted by atomic mass is 10.1. The third kappa shape index (κ3) is 3.52. The van der Waals surface area contributed by atoms with Gasteiger partial charge in [-0.05, 0) is 18.6 Å². The van der Waals surface area contributed by atoms with Gasteiger partial charge in [-0.15, -0.1) is 0 Å². The van der Waals surface area contributed by atoms with Gasteiger partial charge in [0, 0.05) is 24.8 Å². The van der Waals surface area contributed by atoms with E-state index in [-0.39, 0.29) is 23.4 Å². The first-order valence-corrected chi connectivity index (χ1v) is 7.49. The number of imide groups is 1. The highest BCUT2D eigenvalue weighted by molar-refractivity contribution is 8.13. The lowest BCUT2D eigenvalue weighted by Gasteiger charge is -2.24. The number of carbonyl (C=O) groups excluding carboxylic acids is 2. The molecule has 0 aromatic heterocycles. The van der Waals surface area contributed by atoms with Crippen LogP contribution >= 0.6 is 11.8 Å². The molecule has 1 aromatic carbocycles. The fourth-order valence-corrected chi connectivity index (χ4v) is 2.82. The predicted molar refractivity (Wildman–Crippen MR) is 80.3 cm³/mol. The number of nitrogens with zero attached hydrogens (tertiary/aromatic N) is 2. The zero-order valence-electron chi connectivity index (χ0n) is 11.5. The maximum atomic E-state index is 11.8. The van der Waals surface area contributed by atoms with Crippen LogP contribution < -0.4 is 5.32 Å². The van der Waals surface area contributed by atoms with Crippen LogP contribution in [0.3, 0.4) is 0 Å². The van der Waals surface area contributed by atoms with E-state index in [1.54, 1.807) is 12.1 Å². The van der Waals surface area contributed by atoms with Gasteiger partial charge in [-0.2, -0.15) is 0 Å². The first kappa shape index (κ1) is 15.3. The van der Waals surface area contributed by atoms with Gasteiger partial charge in [-0.1, -0.05) is 17.8 Å². The van der Waals surface area contributed by atoms with Crippen LogP contribution in [0.2, 0.25) is 0 Å². The Morgan fingerprint density at radius 2 is 2.19 bits per heavy atom. The smallest absolute Gasteiger partial charge is 0.292 e. The van der Waals surface area contributed by atoms with Gasteiger partial charge in [0.05, 0.1) is 11.5 Å². The molecule has 0 atom stereocenters. The number of amides is 2. The average Bonchev–Trinajstić information content (AvgIpc) is 2.43. The number of thioether (sulfide) groups is 1. The van der Waals surface area contributed by atoms with Gasteiger partial charge in [-0.25, -0.2) is 0 Å². The van der Waals surface area contributed by atoms with E-state index >= 15 is 0 Å². The monoisotopic (exact) mass is 309 g/mol. The molecule has 0 bridgehead atoms. The lowest BCUT2D eigenvalue weighted by molar-refractivity contribution is -0.384. The average molecular weight is 309 g/mol. The zero-order valence-corrected chi connectivity index (χ0v) is 12.3. The van der Waals surface area contributed by atoms with Crippen molar-refractivity contribution < 1.29 is 14.5 Å². The highest BCUT2D eigenvalue weighted by Crippen LogP contribution is 2.27. The molecule has 8 heteroatoms. The van der Waals surface area contributed by atoms with E-state index < -0.39 is 4.92 Å². The molecule has 0 spiro atoms. The fourth-order valence-electron chi connectivity index (χ4n) is 2.05. The third-order valence-corrected chi connectivity index (χ3v) is 3.90.